The minimum atomic E-state index is -0.00899. The van der Waals surface area contributed by atoms with Gasteiger partial charge >= 0.3 is 0 Å². The maximum Gasteiger partial charge on any atom is 0.0642 e. The van der Waals surface area contributed by atoms with E-state index in [0.717, 1.165) is 34.2 Å². The fraction of sp³-hybridized carbons (Fsp3) is 0.312. The molecule has 3 nitrogen and oxygen atoms in total. The zero-order valence-electron chi connectivity index (χ0n) is 12.1. The number of nitrogens with two attached hydrogens (primary N) is 1. The summed E-state index contributed by atoms with van der Waals surface area (Å²) >= 11 is 6.35. The second-order valence-corrected chi connectivity index (χ2v) is 5.53. The first kappa shape index (κ1) is 14.8. The Labute approximate surface area is 125 Å². The molecular weight excluding hydrogens is 270 g/mol. The number of aryl methyl sites for hydroxylation is 1. The zero-order valence-corrected chi connectivity index (χ0v) is 12.9. The molecule has 2 rings (SSSR count). The second kappa shape index (κ2) is 6.25. The van der Waals surface area contributed by atoms with Crippen LogP contribution in [0.15, 0.2) is 36.4 Å². The third kappa shape index (κ3) is 3.50. The van der Waals surface area contributed by atoms with E-state index in [9.17, 15) is 0 Å². The molecule has 2 aromatic rings. The van der Waals surface area contributed by atoms with Crippen LogP contribution < -0.4 is 10.6 Å². The van der Waals surface area contributed by atoms with Gasteiger partial charge in [0.05, 0.1) is 22.9 Å². The molecule has 20 heavy (non-hydrogen) atoms. The van der Waals surface area contributed by atoms with Gasteiger partial charge in [0.1, 0.15) is 0 Å². The van der Waals surface area contributed by atoms with E-state index in [4.69, 9.17) is 17.3 Å². The highest BCUT2D eigenvalue weighted by atomic mass is 35.5. The molecule has 0 aliphatic heterocycles. The summed E-state index contributed by atoms with van der Waals surface area (Å²) < 4.78 is 0. The van der Waals surface area contributed by atoms with Crippen molar-refractivity contribution in [1.82, 2.24) is 4.98 Å². The number of aromatic nitrogens is 1. The Morgan fingerprint density at radius 3 is 2.65 bits per heavy atom. The minimum absolute atomic E-state index is 0.00899. The first-order valence-electron chi connectivity index (χ1n) is 6.66. The number of nitrogens with zero attached hydrogens (tertiary/aromatic N) is 2. The lowest BCUT2D eigenvalue weighted by atomic mass is 10.1. The van der Waals surface area contributed by atoms with Crippen molar-refractivity contribution in [2.75, 3.05) is 11.9 Å². The number of halogens is 1. The monoisotopic (exact) mass is 289 g/mol. The highest BCUT2D eigenvalue weighted by Gasteiger charge is 2.09. The number of pyridine rings is 1. The number of rotatable bonds is 4. The van der Waals surface area contributed by atoms with Gasteiger partial charge in [-0.15, -0.1) is 0 Å². The molecule has 106 valence electrons. The van der Waals surface area contributed by atoms with Gasteiger partial charge in [0, 0.05) is 18.8 Å². The summed E-state index contributed by atoms with van der Waals surface area (Å²) in [6.45, 7) is 4.67. The molecule has 0 saturated heterocycles. The third-order valence-electron chi connectivity index (χ3n) is 3.25. The molecule has 0 amide bonds. The lowest BCUT2D eigenvalue weighted by Gasteiger charge is -2.21. The molecule has 1 aromatic carbocycles. The van der Waals surface area contributed by atoms with Crippen LogP contribution in [0.3, 0.4) is 0 Å². The van der Waals surface area contributed by atoms with Gasteiger partial charge in [0.25, 0.3) is 0 Å². The van der Waals surface area contributed by atoms with E-state index in [1.807, 2.05) is 57.3 Å². The molecule has 0 aliphatic rings. The largest absolute Gasteiger partial charge is 0.367 e. The van der Waals surface area contributed by atoms with Crippen LogP contribution in [-0.2, 0) is 6.54 Å². The lowest BCUT2D eigenvalue weighted by molar-refractivity contribution is 0.816. The Balaban J connectivity index is 2.19. The van der Waals surface area contributed by atoms with Crippen LogP contribution in [0.2, 0.25) is 5.02 Å². The van der Waals surface area contributed by atoms with Crippen molar-refractivity contribution in [2.24, 2.45) is 5.73 Å². The fourth-order valence-electron chi connectivity index (χ4n) is 2.13. The van der Waals surface area contributed by atoms with Gasteiger partial charge in [-0.2, -0.15) is 0 Å². The molecule has 1 atom stereocenters. The molecule has 1 heterocycles. The normalized spacial score (nSPS) is 12.2. The fourth-order valence-corrected chi connectivity index (χ4v) is 2.46. The Bertz CT molecular complexity index is 596. The van der Waals surface area contributed by atoms with Crippen LogP contribution in [0.5, 0.6) is 0 Å². The Morgan fingerprint density at radius 1 is 1.30 bits per heavy atom. The number of hydrogen-bond acceptors (Lipinski definition) is 3. The average Bonchev–Trinajstić information content (AvgIpc) is 2.38. The van der Waals surface area contributed by atoms with Crippen LogP contribution in [-0.4, -0.2) is 12.0 Å². The number of hydrogen-bond donors (Lipinski definition) is 1. The predicted octanol–water partition coefficient (Wildman–Crippen LogP) is 3.70. The summed E-state index contributed by atoms with van der Waals surface area (Å²) in [6, 6.07) is 12.0. The van der Waals surface area contributed by atoms with Crippen LogP contribution in [0.4, 0.5) is 5.69 Å². The van der Waals surface area contributed by atoms with Crippen LogP contribution >= 0.6 is 11.6 Å². The van der Waals surface area contributed by atoms with Gasteiger partial charge in [0.15, 0.2) is 0 Å². The van der Waals surface area contributed by atoms with Crippen molar-refractivity contribution in [3.63, 3.8) is 0 Å². The van der Waals surface area contributed by atoms with Crippen molar-refractivity contribution in [3.8, 4) is 0 Å². The second-order valence-electron chi connectivity index (χ2n) is 5.13. The molecule has 0 saturated carbocycles. The van der Waals surface area contributed by atoms with E-state index in [2.05, 4.69) is 9.88 Å². The SMILES string of the molecule is Cc1cccc(CN(C)c2ccc([C@H](C)N)cc2Cl)n1. The van der Waals surface area contributed by atoms with Crippen LogP contribution in [0, 0.1) is 6.92 Å². The van der Waals surface area contributed by atoms with Gasteiger partial charge in [-0.1, -0.05) is 23.7 Å². The Kier molecular flexibility index (Phi) is 4.63. The molecule has 0 radical (unpaired) electrons. The highest BCUT2D eigenvalue weighted by molar-refractivity contribution is 6.33. The standard InChI is InChI=1S/C16H20ClN3/c1-11-5-4-6-14(19-11)10-20(3)16-8-7-13(12(2)18)9-15(16)17/h4-9,12H,10,18H2,1-3H3/t12-/m0/s1. The van der Waals surface area contributed by atoms with E-state index in [0.29, 0.717) is 0 Å². The Morgan fingerprint density at radius 2 is 2.05 bits per heavy atom. The summed E-state index contributed by atoms with van der Waals surface area (Å²) in [5, 5.41) is 0.718. The molecule has 2 N–H and O–H groups in total. The van der Waals surface area contributed by atoms with Crippen LogP contribution in [0.25, 0.3) is 0 Å². The quantitative estimate of drug-likeness (QED) is 0.933. The molecule has 0 fully saturated rings. The van der Waals surface area contributed by atoms with Gasteiger partial charge < -0.3 is 10.6 Å². The van der Waals surface area contributed by atoms with Crippen molar-refractivity contribution in [1.29, 1.82) is 0 Å². The zero-order chi connectivity index (χ0) is 14.7. The lowest BCUT2D eigenvalue weighted by Crippen LogP contribution is -2.18. The molecule has 1 aromatic heterocycles. The average molecular weight is 290 g/mol. The van der Waals surface area contributed by atoms with Gasteiger partial charge in [-0.05, 0) is 43.7 Å². The van der Waals surface area contributed by atoms with Crippen molar-refractivity contribution in [3.05, 3.63) is 58.4 Å². The highest BCUT2D eigenvalue weighted by Crippen LogP contribution is 2.28. The first-order valence-corrected chi connectivity index (χ1v) is 7.04. The molecule has 0 aliphatic carbocycles. The summed E-state index contributed by atoms with van der Waals surface area (Å²) in [6.07, 6.45) is 0. The smallest absolute Gasteiger partial charge is 0.0642 e. The summed E-state index contributed by atoms with van der Waals surface area (Å²) in [5.41, 5.74) is 9.94. The van der Waals surface area contributed by atoms with E-state index in [1.54, 1.807) is 0 Å². The molecular formula is C16H20ClN3. The third-order valence-corrected chi connectivity index (χ3v) is 3.56. The van der Waals surface area contributed by atoms with Crippen molar-refractivity contribution < 1.29 is 0 Å². The van der Waals surface area contributed by atoms with E-state index >= 15 is 0 Å². The van der Waals surface area contributed by atoms with Crippen molar-refractivity contribution in [2.45, 2.75) is 26.4 Å². The summed E-state index contributed by atoms with van der Waals surface area (Å²) in [7, 11) is 2.01. The van der Waals surface area contributed by atoms with E-state index in [1.165, 1.54) is 0 Å². The van der Waals surface area contributed by atoms with Crippen LogP contribution in [0.1, 0.15) is 29.9 Å². The van der Waals surface area contributed by atoms with Gasteiger partial charge in [-0.25, -0.2) is 0 Å². The predicted molar refractivity (Wildman–Crippen MR) is 85.1 cm³/mol. The topological polar surface area (TPSA) is 42.1 Å². The van der Waals surface area contributed by atoms with E-state index < -0.39 is 0 Å². The number of anilines is 1. The first-order chi connectivity index (χ1) is 9.47. The molecule has 0 unspecified atom stereocenters. The van der Waals surface area contributed by atoms with E-state index in [-0.39, 0.29) is 6.04 Å². The summed E-state index contributed by atoms with van der Waals surface area (Å²) in [5.74, 6) is 0. The summed E-state index contributed by atoms with van der Waals surface area (Å²) in [4.78, 5) is 6.60. The van der Waals surface area contributed by atoms with Gasteiger partial charge in [-0.3, -0.25) is 4.98 Å². The molecule has 0 bridgehead atoms. The van der Waals surface area contributed by atoms with Gasteiger partial charge in [0.2, 0.25) is 0 Å². The maximum atomic E-state index is 6.35. The Hall–Kier alpha value is -1.58. The minimum Gasteiger partial charge on any atom is -0.367 e. The van der Waals surface area contributed by atoms with Crippen molar-refractivity contribution >= 4 is 17.3 Å². The molecule has 4 heteroatoms. The molecule has 0 spiro atoms. The maximum absolute atomic E-state index is 6.35. The number of benzene rings is 1.